The third-order valence-electron chi connectivity index (χ3n) is 6.10. The second-order valence-electron chi connectivity index (χ2n) is 7.79. The Hall–Kier alpha value is -1.04. The molecule has 0 N–H and O–H groups in total. The van der Waals surface area contributed by atoms with Gasteiger partial charge in [-0.2, -0.15) is 0 Å². The van der Waals surface area contributed by atoms with Gasteiger partial charge in [-0.05, 0) is 98.3 Å². The predicted octanol–water partition coefficient (Wildman–Crippen LogP) is 6.66. The minimum atomic E-state index is 0.741. The Morgan fingerprint density at radius 3 is 1.14 bits per heavy atom. The van der Waals surface area contributed by atoms with E-state index in [1.54, 1.807) is 22.3 Å². The van der Waals surface area contributed by atoms with E-state index in [0.29, 0.717) is 0 Å². The van der Waals surface area contributed by atoms with Crippen LogP contribution in [0.1, 0.15) is 77.0 Å². The molecule has 0 saturated heterocycles. The molecule has 118 valence electrons. The van der Waals surface area contributed by atoms with Gasteiger partial charge in [0.1, 0.15) is 0 Å². The number of hydrogen-bond donors (Lipinski definition) is 0. The molecule has 0 heteroatoms. The van der Waals surface area contributed by atoms with Crippen molar-refractivity contribution in [1.29, 1.82) is 0 Å². The van der Waals surface area contributed by atoms with Crippen molar-refractivity contribution in [3.05, 3.63) is 46.6 Å². The summed E-state index contributed by atoms with van der Waals surface area (Å²) >= 11 is 0. The van der Waals surface area contributed by atoms with Crippen molar-refractivity contribution in [2.75, 3.05) is 0 Å². The Kier molecular flexibility index (Phi) is 4.37. The van der Waals surface area contributed by atoms with Gasteiger partial charge in [0.2, 0.25) is 0 Å². The summed E-state index contributed by atoms with van der Waals surface area (Å²) in [6.45, 7) is 0. The maximum Gasteiger partial charge on any atom is -0.00413 e. The van der Waals surface area contributed by atoms with Crippen LogP contribution in [0.5, 0.6) is 0 Å². The highest BCUT2D eigenvalue weighted by molar-refractivity contribution is 5.41. The molecule has 22 heavy (non-hydrogen) atoms. The van der Waals surface area contributed by atoms with Gasteiger partial charge in [0.15, 0.2) is 0 Å². The molecular formula is C22H30. The summed E-state index contributed by atoms with van der Waals surface area (Å²) in [5.41, 5.74) is 6.82. The van der Waals surface area contributed by atoms with Gasteiger partial charge in [0.05, 0.1) is 0 Å². The number of rotatable bonds is 3. The maximum absolute atomic E-state index is 2.61. The van der Waals surface area contributed by atoms with E-state index in [1.807, 2.05) is 0 Å². The molecule has 0 radical (unpaired) electrons. The van der Waals surface area contributed by atoms with Crippen LogP contribution in [0, 0.1) is 11.8 Å². The lowest BCUT2D eigenvalue weighted by atomic mass is 9.96. The van der Waals surface area contributed by atoms with E-state index in [2.05, 4.69) is 24.3 Å². The molecule has 4 aliphatic rings. The van der Waals surface area contributed by atoms with Gasteiger partial charge in [-0.1, -0.05) is 37.1 Å². The van der Waals surface area contributed by atoms with Gasteiger partial charge in [0, 0.05) is 0 Å². The first-order chi connectivity index (χ1) is 10.9. The summed E-state index contributed by atoms with van der Waals surface area (Å²) < 4.78 is 0. The summed E-state index contributed by atoms with van der Waals surface area (Å²) in [6, 6.07) is 0. The normalized spacial score (nSPS) is 26.4. The fourth-order valence-electron chi connectivity index (χ4n) is 4.87. The molecule has 0 aromatic rings. The van der Waals surface area contributed by atoms with Crippen molar-refractivity contribution in [3.63, 3.8) is 0 Å². The molecule has 0 aromatic heterocycles. The minimum absolute atomic E-state index is 0.741. The van der Waals surface area contributed by atoms with Crippen LogP contribution < -0.4 is 0 Å². The lowest BCUT2D eigenvalue weighted by Crippen LogP contribution is -1.96. The Balaban J connectivity index is 1.35. The SMILES string of the molecule is C1=C2CCCCCC2=CC1CCC1C=C2CCCCCC2=C1. The van der Waals surface area contributed by atoms with Crippen molar-refractivity contribution in [2.45, 2.75) is 77.0 Å². The van der Waals surface area contributed by atoms with E-state index in [1.165, 1.54) is 77.0 Å². The Morgan fingerprint density at radius 2 is 0.818 bits per heavy atom. The van der Waals surface area contributed by atoms with Crippen molar-refractivity contribution >= 4 is 0 Å². The number of fused-ring (bicyclic) bond motifs is 2. The van der Waals surface area contributed by atoms with Gasteiger partial charge >= 0.3 is 0 Å². The van der Waals surface area contributed by atoms with Gasteiger partial charge in [-0.3, -0.25) is 0 Å². The van der Waals surface area contributed by atoms with Crippen LogP contribution >= 0.6 is 0 Å². The van der Waals surface area contributed by atoms with Crippen LogP contribution in [-0.2, 0) is 0 Å². The summed E-state index contributed by atoms with van der Waals surface area (Å²) in [5.74, 6) is 1.48. The van der Waals surface area contributed by atoms with E-state index in [0.717, 1.165) is 11.8 Å². The highest BCUT2D eigenvalue weighted by Gasteiger charge is 2.22. The fourth-order valence-corrected chi connectivity index (χ4v) is 4.87. The third-order valence-corrected chi connectivity index (χ3v) is 6.10. The molecule has 4 aliphatic carbocycles. The van der Waals surface area contributed by atoms with Crippen LogP contribution in [0.25, 0.3) is 0 Å². The van der Waals surface area contributed by atoms with Crippen molar-refractivity contribution in [3.8, 4) is 0 Å². The van der Waals surface area contributed by atoms with E-state index in [4.69, 9.17) is 0 Å². The maximum atomic E-state index is 2.61. The smallest absolute Gasteiger partial charge is 0.00413 e. The lowest BCUT2D eigenvalue weighted by Gasteiger charge is -2.09. The molecule has 0 heterocycles. The van der Waals surface area contributed by atoms with Gasteiger partial charge < -0.3 is 0 Å². The highest BCUT2D eigenvalue weighted by atomic mass is 14.3. The largest absolute Gasteiger partial charge is 0.0741 e. The van der Waals surface area contributed by atoms with E-state index in [9.17, 15) is 0 Å². The summed E-state index contributed by atoms with van der Waals surface area (Å²) in [5, 5.41) is 0. The molecule has 0 aliphatic heterocycles. The zero-order valence-corrected chi connectivity index (χ0v) is 13.9. The second kappa shape index (κ2) is 6.60. The third kappa shape index (κ3) is 3.16. The van der Waals surface area contributed by atoms with Crippen LogP contribution in [0.2, 0.25) is 0 Å². The van der Waals surface area contributed by atoms with Crippen LogP contribution in [0.4, 0.5) is 0 Å². The first-order valence-corrected chi connectivity index (χ1v) is 9.72. The second-order valence-corrected chi connectivity index (χ2v) is 7.79. The Morgan fingerprint density at radius 1 is 0.500 bits per heavy atom. The van der Waals surface area contributed by atoms with Crippen LogP contribution in [0.15, 0.2) is 46.6 Å². The zero-order chi connectivity index (χ0) is 14.8. The molecule has 2 fully saturated rings. The topological polar surface area (TPSA) is 0 Å². The van der Waals surface area contributed by atoms with Crippen LogP contribution in [0.3, 0.4) is 0 Å². The first-order valence-electron chi connectivity index (χ1n) is 9.72. The molecular weight excluding hydrogens is 264 g/mol. The molecule has 0 bridgehead atoms. The molecule has 0 unspecified atom stereocenters. The zero-order valence-electron chi connectivity index (χ0n) is 13.9. The van der Waals surface area contributed by atoms with E-state index < -0.39 is 0 Å². The summed E-state index contributed by atoms with van der Waals surface area (Å²) in [7, 11) is 0. The molecule has 0 atom stereocenters. The monoisotopic (exact) mass is 294 g/mol. The molecule has 0 spiro atoms. The highest BCUT2D eigenvalue weighted by Crippen LogP contribution is 2.39. The van der Waals surface area contributed by atoms with Gasteiger partial charge in [-0.25, -0.2) is 0 Å². The van der Waals surface area contributed by atoms with Crippen molar-refractivity contribution in [1.82, 2.24) is 0 Å². The van der Waals surface area contributed by atoms with Crippen molar-refractivity contribution < 1.29 is 0 Å². The molecule has 4 rings (SSSR count). The standard InChI is InChI=1S/C22H30/c1-3-7-19-13-17(14-20(19)8-4-1)11-12-18-15-21-9-5-2-6-10-22(21)16-18/h13-18H,1-12H2. The van der Waals surface area contributed by atoms with Gasteiger partial charge in [-0.15, -0.1) is 0 Å². The Bertz CT molecular complexity index is 446. The quantitative estimate of drug-likeness (QED) is 0.546. The van der Waals surface area contributed by atoms with Crippen LogP contribution in [-0.4, -0.2) is 0 Å². The molecule has 0 aromatic carbocycles. The van der Waals surface area contributed by atoms with Gasteiger partial charge in [0.25, 0.3) is 0 Å². The number of hydrogen-bond acceptors (Lipinski definition) is 0. The average Bonchev–Trinajstić information content (AvgIpc) is 2.94. The lowest BCUT2D eigenvalue weighted by molar-refractivity contribution is 0.597. The predicted molar refractivity (Wildman–Crippen MR) is 94.7 cm³/mol. The van der Waals surface area contributed by atoms with Crippen molar-refractivity contribution in [2.24, 2.45) is 11.8 Å². The fraction of sp³-hybridized carbons (Fsp3) is 0.636. The number of allylic oxidation sites excluding steroid dienone is 8. The summed E-state index contributed by atoms with van der Waals surface area (Å²) in [6.07, 6.45) is 27.0. The first kappa shape index (κ1) is 14.5. The molecule has 2 saturated carbocycles. The molecule has 0 amide bonds. The Labute approximate surface area is 136 Å². The van der Waals surface area contributed by atoms with E-state index >= 15 is 0 Å². The summed E-state index contributed by atoms with van der Waals surface area (Å²) in [4.78, 5) is 0. The minimum Gasteiger partial charge on any atom is -0.0741 e. The van der Waals surface area contributed by atoms with E-state index in [-0.39, 0.29) is 0 Å². The average molecular weight is 294 g/mol. The molecule has 0 nitrogen and oxygen atoms in total.